The molecule has 2 rings (SSSR count). The maximum absolute atomic E-state index is 9.57. The predicted octanol–water partition coefficient (Wildman–Crippen LogP) is 2.61. The summed E-state index contributed by atoms with van der Waals surface area (Å²) in [4.78, 5) is 4.90. The van der Waals surface area contributed by atoms with Crippen LogP contribution in [-0.2, 0) is 4.74 Å². The molecule has 0 radical (unpaired) electrons. The van der Waals surface area contributed by atoms with E-state index in [0.717, 1.165) is 22.0 Å². The number of fused-ring (bicyclic) bond motifs is 1. The van der Waals surface area contributed by atoms with Crippen LogP contribution in [0.25, 0.3) is 10.9 Å². The molecule has 0 saturated heterocycles. The van der Waals surface area contributed by atoms with Crippen molar-refractivity contribution >= 4 is 28.1 Å². The highest BCUT2D eigenvalue weighted by Gasteiger charge is 2.26. The number of ether oxygens (including phenoxy) is 2. The van der Waals surface area contributed by atoms with Gasteiger partial charge in [0, 0.05) is 24.3 Å². The Morgan fingerprint density at radius 3 is 2.81 bits per heavy atom. The van der Waals surface area contributed by atoms with Gasteiger partial charge < -0.3 is 19.9 Å². The average Bonchev–Trinajstić information content (AvgIpc) is 2.61. The third-order valence-corrected chi connectivity index (χ3v) is 4.47. The molecule has 0 aliphatic rings. The SMILES string of the molecule is C#Cc1cnc2c(C)cc(OC(C)C(=S)NC(C)(CO)COC)cc2c1. The van der Waals surface area contributed by atoms with Gasteiger partial charge in [0.25, 0.3) is 0 Å². The monoisotopic (exact) mass is 372 g/mol. The number of aliphatic hydroxyl groups is 1. The third-order valence-electron chi connectivity index (χ3n) is 4.03. The minimum absolute atomic E-state index is 0.108. The summed E-state index contributed by atoms with van der Waals surface area (Å²) in [6, 6.07) is 5.73. The smallest absolute Gasteiger partial charge is 0.146 e. The summed E-state index contributed by atoms with van der Waals surface area (Å²) in [5.41, 5.74) is 1.94. The fourth-order valence-corrected chi connectivity index (χ4v) is 2.94. The normalized spacial score (nSPS) is 14.3. The van der Waals surface area contributed by atoms with Crippen LogP contribution in [0.15, 0.2) is 24.4 Å². The van der Waals surface area contributed by atoms with E-state index < -0.39 is 5.54 Å². The Morgan fingerprint density at radius 2 is 2.19 bits per heavy atom. The van der Waals surface area contributed by atoms with Crippen molar-refractivity contribution in [2.45, 2.75) is 32.4 Å². The lowest BCUT2D eigenvalue weighted by atomic mass is 10.1. The Labute approximate surface area is 159 Å². The fraction of sp³-hybridized carbons (Fsp3) is 0.400. The number of hydrogen-bond acceptors (Lipinski definition) is 5. The lowest BCUT2D eigenvalue weighted by Gasteiger charge is -2.31. The number of thiocarbonyl (C=S) groups is 1. The molecule has 138 valence electrons. The molecule has 2 atom stereocenters. The Kier molecular flexibility index (Phi) is 6.54. The van der Waals surface area contributed by atoms with Crippen LogP contribution in [-0.4, -0.2) is 47.0 Å². The molecule has 1 heterocycles. The minimum atomic E-state index is -0.658. The second-order valence-corrected chi connectivity index (χ2v) is 7.02. The van der Waals surface area contributed by atoms with Crippen molar-refractivity contribution in [1.29, 1.82) is 0 Å². The van der Waals surface area contributed by atoms with Gasteiger partial charge in [-0.25, -0.2) is 0 Å². The molecule has 6 heteroatoms. The summed E-state index contributed by atoms with van der Waals surface area (Å²) < 4.78 is 11.1. The molecule has 2 aromatic rings. The lowest BCUT2D eigenvalue weighted by molar-refractivity contribution is 0.0840. The predicted molar refractivity (Wildman–Crippen MR) is 108 cm³/mol. The van der Waals surface area contributed by atoms with Crippen molar-refractivity contribution in [3.05, 3.63) is 35.5 Å². The number of terminal acetylenes is 1. The van der Waals surface area contributed by atoms with Crippen LogP contribution in [0.2, 0.25) is 0 Å². The number of aryl methyl sites for hydroxylation is 1. The zero-order valence-corrected chi connectivity index (χ0v) is 16.3. The standard InChI is InChI=1S/C20H24N2O3S/c1-6-15-8-16-9-17(7-13(2)18(16)21-10-15)25-14(3)19(26)22-20(4,11-23)12-24-5/h1,7-10,14,23H,11-12H2,2-5H3,(H,22,26). The first-order valence-electron chi connectivity index (χ1n) is 8.27. The maximum Gasteiger partial charge on any atom is 0.146 e. The highest BCUT2D eigenvalue weighted by molar-refractivity contribution is 7.80. The summed E-state index contributed by atoms with van der Waals surface area (Å²) in [6.07, 6.45) is 6.76. The van der Waals surface area contributed by atoms with Crippen LogP contribution >= 0.6 is 12.2 Å². The fourth-order valence-electron chi connectivity index (χ4n) is 2.64. The van der Waals surface area contributed by atoms with Crippen LogP contribution < -0.4 is 10.1 Å². The Bertz CT molecular complexity index is 847. The van der Waals surface area contributed by atoms with Gasteiger partial charge in [0.2, 0.25) is 0 Å². The minimum Gasteiger partial charge on any atom is -0.484 e. The number of benzene rings is 1. The Morgan fingerprint density at radius 1 is 1.46 bits per heavy atom. The first kappa shape index (κ1) is 20.1. The highest BCUT2D eigenvalue weighted by atomic mass is 32.1. The van der Waals surface area contributed by atoms with E-state index in [1.807, 2.05) is 39.0 Å². The molecule has 26 heavy (non-hydrogen) atoms. The molecule has 2 N–H and O–H groups in total. The van der Waals surface area contributed by atoms with Crippen LogP contribution in [0.5, 0.6) is 5.75 Å². The number of methoxy groups -OCH3 is 1. The molecule has 5 nitrogen and oxygen atoms in total. The first-order valence-corrected chi connectivity index (χ1v) is 8.68. The Balaban J connectivity index is 2.19. The van der Waals surface area contributed by atoms with Crippen molar-refractivity contribution < 1.29 is 14.6 Å². The lowest BCUT2D eigenvalue weighted by Crippen LogP contribution is -2.54. The topological polar surface area (TPSA) is 63.6 Å². The zero-order chi connectivity index (χ0) is 19.3. The molecule has 0 amide bonds. The van der Waals surface area contributed by atoms with Gasteiger partial charge in [-0.05, 0) is 44.5 Å². The number of aliphatic hydroxyl groups excluding tert-OH is 1. The first-order chi connectivity index (χ1) is 12.3. The summed E-state index contributed by atoms with van der Waals surface area (Å²) in [5, 5.41) is 13.6. The number of aromatic nitrogens is 1. The van der Waals surface area contributed by atoms with E-state index in [0.29, 0.717) is 17.3 Å². The van der Waals surface area contributed by atoms with Crippen molar-refractivity contribution in [2.75, 3.05) is 20.3 Å². The molecular formula is C20H24N2O3S. The molecule has 0 fully saturated rings. The van der Waals surface area contributed by atoms with Gasteiger partial charge in [-0.2, -0.15) is 0 Å². The summed E-state index contributed by atoms with van der Waals surface area (Å²) in [5.74, 6) is 3.27. The molecule has 0 aliphatic heterocycles. The number of nitrogens with one attached hydrogen (secondary N) is 1. The molecule has 0 aliphatic carbocycles. The molecule has 1 aromatic carbocycles. The second kappa shape index (κ2) is 8.45. The Hall–Kier alpha value is -2.20. The maximum atomic E-state index is 9.57. The van der Waals surface area contributed by atoms with Crippen LogP contribution in [0, 0.1) is 19.3 Å². The quantitative estimate of drug-likeness (QED) is 0.575. The third kappa shape index (κ3) is 4.70. The van der Waals surface area contributed by atoms with E-state index in [1.54, 1.807) is 13.3 Å². The largest absolute Gasteiger partial charge is 0.484 e. The van der Waals surface area contributed by atoms with Crippen molar-refractivity contribution in [3.63, 3.8) is 0 Å². The summed E-state index contributed by atoms with van der Waals surface area (Å²) >= 11 is 5.43. The van der Waals surface area contributed by atoms with Gasteiger partial charge in [0.05, 0.1) is 24.3 Å². The van der Waals surface area contributed by atoms with E-state index in [2.05, 4.69) is 16.2 Å². The number of rotatable bonds is 7. The summed E-state index contributed by atoms with van der Waals surface area (Å²) in [7, 11) is 1.58. The molecule has 0 spiro atoms. The van der Waals surface area contributed by atoms with E-state index in [4.69, 9.17) is 28.1 Å². The molecule has 0 bridgehead atoms. The second-order valence-electron chi connectivity index (χ2n) is 6.58. The van der Waals surface area contributed by atoms with Crippen LogP contribution in [0.4, 0.5) is 0 Å². The molecule has 1 aromatic heterocycles. The van der Waals surface area contributed by atoms with Gasteiger partial charge in [-0.15, -0.1) is 6.42 Å². The number of hydrogen-bond donors (Lipinski definition) is 2. The van der Waals surface area contributed by atoms with E-state index in [1.165, 1.54) is 0 Å². The zero-order valence-electron chi connectivity index (χ0n) is 15.5. The highest BCUT2D eigenvalue weighted by Crippen LogP contribution is 2.25. The molecule has 2 unspecified atom stereocenters. The van der Waals surface area contributed by atoms with Gasteiger partial charge in [-0.3, -0.25) is 4.98 Å². The van der Waals surface area contributed by atoms with Gasteiger partial charge >= 0.3 is 0 Å². The van der Waals surface area contributed by atoms with Crippen molar-refractivity contribution in [3.8, 4) is 18.1 Å². The average molecular weight is 372 g/mol. The van der Waals surface area contributed by atoms with Gasteiger partial charge in [0.1, 0.15) is 16.8 Å². The van der Waals surface area contributed by atoms with Crippen LogP contribution in [0.1, 0.15) is 25.0 Å². The molecule has 0 saturated carbocycles. The molecular weight excluding hydrogens is 348 g/mol. The van der Waals surface area contributed by atoms with E-state index >= 15 is 0 Å². The summed E-state index contributed by atoms with van der Waals surface area (Å²) in [6.45, 7) is 5.88. The van der Waals surface area contributed by atoms with Crippen LogP contribution in [0.3, 0.4) is 0 Å². The number of nitrogens with zero attached hydrogens (tertiary/aromatic N) is 1. The van der Waals surface area contributed by atoms with Gasteiger partial charge in [0.15, 0.2) is 0 Å². The van der Waals surface area contributed by atoms with Gasteiger partial charge in [-0.1, -0.05) is 18.1 Å². The van der Waals surface area contributed by atoms with Crippen molar-refractivity contribution in [2.24, 2.45) is 0 Å². The van der Waals surface area contributed by atoms with E-state index in [-0.39, 0.29) is 12.7 Å². The number of pyridine rings is 1. The van der Waals surface area contributed by atoms with E-state index in [9.17, 15) is 5.11 Å². The van der Waals surface area contributed by atoms with Crippen molar-refractivity contribution in [1.82, 2.24) is 10.3 Å².